The largest absolute Gasteiger partial charge is 0.492 e. The number of amides is 1. The Morgan fingerprint density at radius 3 is 2.32 bits per heavy atom. The summed E-state index contributed by atoms with van der Waals surface area (Å²) in [5, 5.41) is 11.9. The number of hydrogen-bond acceptors (Lipinski definition) is 5. The molecular formula is C30H28N2O4S. The number of thioether (sulfide) groups is 1. The van der Waals surface area contributed by atoms with Gasteiger partial charge in [0.05, 0.1) is 12.2 Å². The number of carboxylic acid groups (broad SMARTS) is 1. The number of nitrogens with zero attached hydrogens (tertiary/aromatic N) is 1. The van der Waals surface area contributed by atoms with Gasteiger partial charge in [0.15, 0.2) is 0 Å². The molecule has 1 aromatic heterocycles. The van der Waals surface area contributed by atoms with E-state index in [4.69, 9.17) is 4.74 Å². The summed E-state index contributed by atoms with van der Waals surface area (Å²) >= 11 is 1.35. The SMILES string of the molecule is Cc1ccc(SC(Cc2ccc(OCCNC(=O)c3ccc(-c4ccccn4)cc3)cc2)C(=O)O)cc1. The van der Waals surface area contributed by atoms with Crippen molar-refractivity contribution in [2.75, 3.05) is 13.2 Å². The number of aryl methyl sites for hydroxylation is 1. The smallest absolute Gasteiger partial charge is 0.317 e. The predicted octanol–water partition coefficient (Wildman–Crippen LogP) is 5.65. The second-order valence-corrected chi connectivity index (χ2v) is 9.78. The minimum Gasteiger partial charge on any atom is -0.492 e. The summed E-state index contributed by atoms with van der Waals surface area (Å²) in [7, 11) is 0. The number of hydrogen-bond donors (Lipinski definition) is 2. The first-order valence-electron chi connectivity index (χ1n) is 12.0. The number of carbonyl (C=O) groups is 2. The first-order valence-corrected chi connectivity index (χ1v) is 12.8. The third-order valence-electron chi connectivity index (χ3n) is 5.68. The van der Waals surface area contributed by atoms with Crippen LogP contribution in [0.5, 0.6) is 5.75 Å². The number of ether oxygens (including phenoxy) is 1. The number of pyridine rings is 1. The second kappa shape index (κ2) is 12.7. The van der Waals surface area contributed by atoms with Gasteiger partial charge in [-0.1, -0.05) is 48.0 Å². The molecule has 2 N–H and O–H groups in total. The van der Waals surface area contributed by atoms with Crippen molar-refractivity contribution < 1.29 is 19.4 Å². The zero-order valence-electron chi connectivity index (χ0n) is 20.5. The Morgan fingerprint density at radius 2 is 1.68 bits per heavy atom. The van der Waals surface area contributed by atoms with Crippen molar-refractivity contribution in [3.63, 3.8) is 0 Å². The average molecular weight is 513 g/mol. The Labute approximate surface area is 220 Å². The van der Waals surface area contributed by atoms with Crippen LogP contribution in [0.25, 0.3) is 11.3 Å². The summed E-state index contributed by atoms with van der Waals surface area (Å²) in [4.78, 5) is 29.4. The third-order valence-corrected chi connectivity index (χ3v) is 6.88. The van der Waals surface area contributed by atoms with Crippen LogP contribution < -0.4 is 10.1 Å². The Morgan fingerprint density at radius 1 is 0.946 bits per heavy atom. The highest BCUT2D eigenvalue weighted by Gasteiger charge is 2.19. The molecule has 7 heteroatoms. The molecule has 6 nitrogen and oxygen atoms in total. The molecule has 0 spiro atoms. The molecule has 1 unspecified atom stereocenters. The summed E-state index contributed by atoms with van der Waals surface area (Å²) in [6, 6.07) is 28.3. The number of carbonyl (C=O) groups excluding carboxylic acids is 1. The molecule has 4 aromatic rings. The molecule has 0 saturated heterocycles. The second-order valence-electron chi connectivity index (χ2n) is 8.50. The number of nitrogens with one attached hydrogen (secondary N) is 1. The maximum absolute atomic E-state index is 12.4. The molecular weight excluding hydrogens is 484 g/mol. The van der Waals surface area contributed by atoms with Crippen LogP contribution in [0.3, 0.4) is 0 Å². The standard InChI is InChI=1S/C30H28N2O4S/c1-21-5-15-26(16-6-21)37-28(30(34)35)20-22-7-13-25(14-8-22)36-19-18-32-29(33)24-11-9-23(10-12-24)27-4-2-3-17-31-27/h2-17,28H,18-20H2,1H3,(H,32,33)(H,34,35). The lowest BCUT2D eigenvalue weighted by Gasteiger charge is -2.13. The van der Waals surface area contributed by atoms with Crippen LogP contribution in [0.15, 0.2) is 102 Å². The first kappa shape index (κ1) is 26.0. The molecule has 3 aromatic carbocycles. The Balaban J connectivity index is 1.22. The van der Waals surface area contributed by atoms with Gasteiger partial charge in [0.1, 0.15) is 17.6 Å². The highest BCUT2D eigenvalue weighted by atomic mass is 32.2. The van der Waals surface area contributed by atoms with Crippen molar-refractivity contribution >= 4 is 23.6 Å². The predicted molar refractivity (Wildman–Crippen MR) is 146 cm³/mol. The van der Waals surface area contributed by atoms with Gasteiger partial charge in [-0.3, -0.25) is 14.6 Å². The lowest BCUT2D eigenvalue weighted by atomic mass is 10.1. The summed E-state index contributed by atoms with van der Waals surface area (Å²) in [5.41, 5.74) is 4.44. The third kappa shape index (κ3) is 7.69. The Bertz CT molecular complexity index is 1310. The van der Waals surface area contributed by atoms with Crippen LogP contribution in [0.4, 0.5) is 0 Å². The fourth-order valence-electron chi connectivity index (χ4n) is 3.66. The van der Waals surface area contributed by atoms with E-state index in [2.05, 4.69) is 10.3 Å². The molecule has 37 heavy (non-hydrogen) atoms. The van der Waals surface area contributed by atoms with Crippen LogP contribution in [0.1, 0.15) is 21.5 Å². The van der Waals surface area contributed by atoms with Gasteiger partial charge in [-0.2, -0.15) is 0 Å². The molecule has 1 amide bonds. The van der Waals surface area contributed by atoms with Gasteiger partial charge in [0, 0.05) is 22.2 Å². The highest BCUT2D eigenvalue weighted by molar-refractivity contribution is 8.00. The number of aromatic nitrogens is 1. The van der Waals surface area contributed by atoms with Crippen LogP contribution >= 0.6 is 11.8 Å². The van der Waals surface area contributed by atoms with Gasteiger partial charge in [-0.25, -0.2) is 0 Å². The molecule has 0 bridgehead atoms. The van der Waals surface area contributed by atoms with Crippen LogP contribution in [-0.2, 0) is 11.2 Å². The van der Waals surface area contributed by atoms with E-state index in [0.29, 0.717) is 30.9 Å². The zero-order valence-corrected chi connectivity index (χ0v) is 21.3. The monoisotopic (exact) mass is 512 g/mol. The van der Waals surface area contributed by atoms with Crippen molar-refractivity contribution in [3.8, 4) is 17.0 Å². The Kier molecular flexibility index (Phi) is 8.94. The number of carboxylic acids is 1. The van der Waals surface area contributed by atoms with Gasteiger partial charge in [-0.05, 0) is 67.4 Å². The van der Waals surface area contributed by atoms with E-state index in [1.54, 1.807) is 18.3 Å². The van der Waals surface area contributed by atoms with Crippen LogP contribution in [-0.4, -0.2) is 40.4 Å². The normalized spacial score (nSPS) is 11.5. The van der Waals surface area contributed by atoms with Crippen molar-refractivity contribution in [2.45, 2.75) is 23.5 Å². The average Bonchev–Trinajstić information content (AvgIpc) is 2.93. The molecule has 0 aliphatic rings. The maximum Gasteiger partial charge on any atom is 0.317 e. The quantitative estimate of drug-likeness (QED) is 0.199. The summed E-state index contributed by atoms with van der Waals surface area (Å²) in [5.74, 6) is -0.346. The van der Waals surface area contributed by atoms with Crippen molar-refractivity contribution in [3.05, 3.63) is 114 Å². The molecule has 1 heterocycles. The van der Waals surface area contributed by atoms with Crippen molar-refractivity contribution in [1.82, 2.24) is 10.3 Å². The molecule has 188 valence electrons. The summed E-state index contributed by atoms with van der Waals surface area (Å²) in [6.07, 6.45) is 2.14. The first-order chi connectivity index (χ1) is 18.0. The minimum atomic E-state index is -0.840. The fraction of sp³-hybridized carbons (Fsp3) is 0.167. The van der Waals surface area contributed by atoms with Gasteiger partial charge in [0.25, 0.3) is 5.91 Å². The number of benzene rings is 3. The van der Waals surface area contributed by atoms with Crippen LogP contribution in [0.2, 0.25) is 0 Å². The van der Waals surface area contributed by atoms with Gasteiger partial charge < -0.3 is 15.2 Å². The molecule has 0 radical (unpaired) electrons. The van der Waals surface area contributed by atoms with Crippen molar-refractivity contribution in [2.24, 2.45) is 0 Å². The van der Waals surface area contributed by atoms with Gasteiger partial charge >= 0.3 is 5.97 Å². The van der Waals surface area contributed by atoms with E-state index in [-0.39, 0.29) is 5.91 Å². The zero-order chi connectivity index (χ0) is 26.0. The summed E-state index contributed by atoms with van der Waals surface area (Å²) < 4.78 is 5.74. The molecule has 0 aliphatic heterocycles. The molecule has 0 fully saturated rings. The molecule has 0 saturated carbocycles. The van der Waals surface area contributed by atoms with Crippen molar-refractivity contribution in [1.29, 1.82) is 0 Å². The van der Waals surface area contributed by atoms with E-state index >= 15 is 0 Å². The number of rotatable bonds is 11. The number of aliphatic carboxylic acids is 1. The fourth-order valence-corrected chi connectivity index (χ4v) is 4.66. The minimum absolute atomic E-state index is 0.169. The van der Waals surface area contributed by atoms with E-state index < -0.39 is 11.2 Å². The summed E-state index contributed by atoms with van der Waals surface area (Å²) in [6.45, 7) is 2.68. The maximum atomic E-state index is 12.4. The topological polar surface area (TPSA) is 88.5 Å². The van der Waals surface area contributed by atoms with Crippen LogP contribution in [0, 0.1) is 6.92 Å². The van der Waals surface area contributed by atoms with E-state index in [1.807, 2.05) is 85.8 Å². The molecule has 0 aliphatic carbocycles. The van der Waals surface area contributed by atoms with Gasteiger partial charge in [0.2, 0.25) is 0 Å². The van der Waals surface area contributed by atoms with E-state index in [1.165, 1.54) is 11.8 Å². The molecule has 1 atom stereocenters. The van der Waals surface area contributed by atoms with E-state index in [0.717, 1.165) is 27.3 Å². The van der Waals surface area contributed by atoms with Gasteiger partial charge in [-0.15, -0.1) is 11.8 Å². The lowest BCUT2D eigenvalue weighted by Crippen LogP contribution is -2.28. The lowest BCUT2D eigenvalue weighted by molar-refractivity contribution is -0.136. The van der Waals surface area contributed by atoms with E-state index in [9.17, 15) is 14.7 Å². The Hall–Kier alpha value is -4.10. The highest BCUT2D eigenvalue weighted by Crippen LogP contribution is 2.27. The molecule has 4 rings (SSSR count).